The van der Waals surface area contributed by atoms with Crippen molar-refractivity contribution < 1.29 is 18.0 Å². The standard InChI is InChI=1S/C14H14F3N3O/c1-8-4-5-11(6-9(8)2)20-13(18-10(3)21)7-12(19-20)14(15,16)17/h4-7H,1-3H3,(H,18,21). The van der Waals surface area contributed by atoms with Crippen molar-refractivity contribution in [3.8, 4) is 5.69 Å². The maximum atomic E-state index is 12.8. The van der Waals surface area contributed by atoms with Gasteiger partial charge in [0.2, 0.25) is 5.91 Å². The lowest BCUT2D eigenvalue weighted by Crippen LogP contribution is -2.11. The molecule has 0 saturated heterocycles. The number of amides is 1. The van der Waals surface area contributed by atoms with Crippen LogP contribution in [0.3, 0.4) is 0 Å². The first-order valence-corrected chi connectivity index (χ1v) is 6.21. The Kier molecular flexibility index (Phi) is 3.76. The lowest BCUT2D eigenvalue weighted by atomic mass is 10.1. The smallest absolute Gasteiger partial charge is 0.311 e. The molecular formula is C14H14F3N3O. The van der Waals surface area contributed by atoms with E-state index >= 15 is 0 Å². The summed E-state index contributed by atoms with van der Waals surface area (Å²) in [5.41, 5.74) is 1.34. The SMILES string of the molecule is CC(=O)Nc1cc(C(F)(F)F)nn1-c1ccc(C)c(C)c1. The number of anilines is 1. The van der Waals surface area contributed by atoms with Gasteiger partial charge in [-0.1, -0.05) is 6.07 Å². The van der Waals surface area contributed by atoms with Crippen LogP contribution in [0.5, 0.6) is 0 Å². The number of alkyl halides is 3. The van der Waals surface area contributed by atoms with Gasteiger partial charge in [0.1, 0.15) is 5.82 Å². The number of nitrogens with one attached hydrogen (secondary N) is 1. The molecule has 112 valence electrons. The van der Waals surface area contributed by atoms with Crippen molar-refractivity contribution in [1.29, 1.82) is 0 Å². The molecule has 1 heterocycles. The van der Waals surface area contributed by atoms with Crippen molar-refractivity contribution in [3.63, 3.8) is 0 Å². The van der Waals surface area contributed by atoms with Gasteiger partial charge >= 0.3 is 6.18 Å². The average molecular weight is 297 g/mol. The maximum absolute atomic E-state index is 12.8. The Morgan fingerprint density at radius 2 is 1.86 bits per heavy atom. The molecule has 1 aromatic carbocycles. The van der Waals surface area contributed by atoms with Gasteiger partial charge < -0.3 is 5.32 Å². The van der Waals surface area contributed by atoms with Crippen LogP contribution in [0, 0.1) is 13.8 Å². The van der Waals surface area contributed by atoms with Gasteiger partial charge in [0.25, 0.3) is 0 Å². The minimum absolute atomic E-state index is 0.0157. The Morgan fingerprint density at radius 1 is 1.19 bits per heavy atom. The molecule has 1 N–H and O–H groups in total. The van der Waals surface area contributed by atoms with Crippen LogP contribution in [-0.2, 0) is 11.0 Å². The molecule has 2 rings (SSSR count). The monoisotopic (exact) mass is 297 g/mol. The zero-order chi connectivity index (χ0) is 15.8. The number of benzene rings is 1. The molecular weight excluding hydrogens is 283 g/mol. The van der Waals surface area contributed by atoms with E-state index in [0.717, 1.165) is 21.9 Å². The highest BCUT2D eigenvalue weighted by Crippen LogP contribution is 2.31. The predicted molar refractivity (Wildman–Crippen MR) is 72.3 cm³/mol. The number of carbonyl (C=O) groups is 1. The molecule has 0 fully saturated rings. The maximum Gasteiger partial charge on any atom is 0.435 e. The van der Waals surface area contributed by atoms with Gasteiger partial charge in [0.05, 0.1) is 5.69 Å². The van der Waals surface area contributed by atoms with E-state index in [9.17, 15) is 18.0 Å². The molecule has 0 unspecified atom stereocenters. The molecule has 4 nitrogen and oxygen atoms in total. The quantitative estimate of drug-likeness (QED) is 0.922. The van der Waals surface area contributed by atoms with E-state index in [-0.39, 0.29) is 5.82 Å². The highest BCUT2D eigenvalue weighted by atomic mass is 19.4. The Labute approximate surface area is 119 Å². The zero-order valence-corrected chi connectivity index (χ0v) is 11.7. The first-order valence-electron chi connectivity index (χ1n) is 6.21. The van der Waals surface area contributed by atoms with Crippen molar-refractivity contribution in [2.24, 2.45) is 0 Å². The van der Waals surface area contributed by atoms with Gasteiger partial charge in [-0.2, -0.15) is 18.3 Å². The molecule has 0 bridgehead atoms. The lowest BCUT2D eigenvalue weighted by Gasteiger charge is -2.09. The van der Waals surface area contributed by atoms with Gasteiger partial charge in [0, 0.05) is 13.0 Å². The largest absolute Gasteiger partial charge is 0.435 e. The second kappa shape index (κ2) is 5.23. The first-order chi connectivity index (χ1) is 9.68. The summed E-state index contributed by atoms with van der Waals surface area (Å²) in [6.45, 7) is 4.98. The Balaban J connectivity index is 2.56. The van der Waals surface area contributed by atoms with Gasteiger partial charge in [-0.05, 0) is 37.1 Å². The highest BCUT2D eigenvalue weighted by molar-refractivity contribution is 5.88. The fourth-order valence-electron chi connectivity index (χ4n) is 1.84. The van der Waals surface area contributed by atoms with Crippen molar-refractivity contribution in [2.45, 2.75) is 26.9 Å². The molecule has 0 radical (unpaired) electrons. The summed E-state index contributed by atoms with van der Waals surface area (Å²) in [6.07, 6.45) is -4.57. The van der Waals surface area contributed by atoms with Crippen molar-refractivity contribution in [1.82, 2.24) is 9.78 Å². The number of aromatic nitrogens is 2. The van der Waals surface area contributed by atoms with Crippen LogP contribution >= 0.6 is 0 Å². The third-order valence-corrected chi connectivity index (χ3v) is 3.04. The van der Waals surface area contributed by atoms with E-state index in [1.165, 1.54) is 6.92 Å². The Morgan fingerprint density at radius 3 is 2.38 bits per heavy atom. The van der Waals surface area contributed by atoms with Crippen LogP contribution in [0.15, 0.2) is 24.3 Å². The first kappa shape index (κ1) is 15.1. The van der Waals surface area contributed by atoms with Gasteiger partial charge in [-0.25, -0.2) is 4.68 Å². The second-order valence-corrected chi connectivity index (χ2v) is 4.77. The minimum Gasteiger partial charge on any atom is -0.311 e. The fraction of sp³-hybridized carbons (Fsp3) is 0.286. The van der Waals surface area contributed by atoms with Gasteiger partial charge in [0.15, 0.2) is 5.69 Å². The van der Waals surface area contributed by atoms with Crippen LogP contribution in [0.4, 0.5) is 19.0 Å². The summed E-state index contributed by atoms with van der Waals surface area (Å²) in [5, 5.41) is 5.91. The third kappa shape index (κ3) is 3.24. The summed E-state index contributed by atoms with van der Waals surface area (Å²) in [6, 6.07) is 5.97. The number of halogens is 3. The highest BCUT2D eigenvalue weighted by Gasteiger charge is 2.35. The fourth-order valence-corrected chi connectivity index (χ4v) is 1.84. The number of rotatable bonds is 2. The van der Waals surface area contributed by atoms with Crippen LogP contribution in [0.2, 0.25) is 0 Å². The van der Waals surface area contributed by atoms with Crippen LogP contribution < -0.4 is 5.32 Å². The normalized spacial score (nSPS) is 11.5. The van der Waals surface area contributed by atoms with E-state index in [1.807, 2.05) is 13.8 Å². The van der Waals surface area contributed by atoms with E-state index < -0.39 is 17.8 Å². The number of carbonyl (C=O) groups excluding carboxylic acids is 1. The number of hydrogen-bond donors (Lipinski definition) is 1. The van der Waals surface area contributed by atoms with Crippen LogP contribution in [0.25, 0.3) is 5.69 Å². The second-order valence-electron chi connectivity index (χ2n) is 4.77. The molecule has 0 atom stereocenters. The summed E-state index contributed by atoms with van der Waals surface area (Å²) in [5.74, 6) is -0.480. The van der Waals surface area contributed by atoms with Crippen molar-refractivity contribution in [2.75, 3.05) is 5.32 Å². The molecule has 7 heteroatoms. The summed E-state index contributed by atoms with van der Waals surface area (Å²) >= 11 is 0. The molecule has 0 aliphatic rings. The topological polar surface area (TPSA) is 46.9 Å². The molecule has 0 spiro atoms. The average Bonchev–Trinajstić information content (AvgIpc) is 2.75. The zero-order valence-electron chi connectivity index (χ0n) is 11.7. The Bertz CT molecular complexity index is 689. The number of aryl methyl sites for hydroxylation is 2. The molecule has 0 aliphatic heterocycles. The van der Waals surface area contributed by atoms with Crippen molar-refractivity contribution in [3.05, 3.63) is 41.1 Å². The molecule has 0 aliphatic carbocycles. The van der Waals surface area contributed by atoms with Gasteiger partial charge in [-0.3, -0.25) is 4.79 Å². The molecule has 21 heavy (non-hydrogen) atoms. The predicted octanol–water partition coefficient (Wildman–Crippen LogP) is 3.47. The van der Waals surface area contributed by atoms with E-state index in [0.29, 0.717) is 5.69 Å². The van der Waals surface area contributed by atoms with E-state index in [1.54, 1.807) is 18.2 Å². The number of hydrogen-bond acceptors (Lipinski definition) is 2. The minimum atomic E-state index is -4.57. The molecule has 0 saturated carbocycles. The summed E-state index contributed by atoms with van der Waals surface area (Å²) in [7, 11) is 0. The summed E-state index contributed by atoms with van der Waals surface area (Å²) < 4.78 is 39.4. The summed E-state index contributed by atoms with van der Waals surface area (Å²) in [4.78, 5) is 11.1. The molecule has 2 aromatic rings. The lowest BCUT2D eigenvalue weighted by molar-refractivity contribution is -0.141. The van der Waals surface area contributed by atoms with Crippen LogP contribution in [-0.4, -0.2) is 15.7 Å². The van der Waals surface area contributed by atoms with Gasteiger partial charge in [-0.15, -0.1) is 0 Å². The molecule has 1 amide bonds. The van der Waals surface area contributed by atoms with Crippen LogP contribution in [0.1, 0.15) is 23.7 Å². The van der Waals surface area contributed by atoms with E-state index in [4.69, 9.17) is 0 Å². The Hall–Kier alpha value is -2.31. The molecule has 1 aromatic heterocycles. The third-order valence-electron chi connectivity index (χ3n) is 3.04. The van der Waals surface area contributed by atoms with Crippen molar-refractivity contribution >= 4 is 11.7 Å². The number of nitrogens with zero attached hydrogens (tertiary/aromatic N) is 2. The van der Waals surface area contributed by atoms with E-state index in [2.05, 4.69) is 10.4 Å².